The van der Waals surface area contributed by atoms with Crippen LogP contribution in [0.3, 0.4) is 0 Å². The number of hydrogen-bond donors (Lipinski definition) is 2. The van der Waals surface area contributed by atoms with E-state index in [-0.39, 0.29) is 12.3 Å². The zero-order valence-electron chi connectivity index (χ0n) is 10.2. The van der Waals surface area contributed by atoms with Crippen LogP contribution in [0.4, 0.5) is 4.39 Å². The van der Waals surface area contributed by atoms with E-state index in [4.69, 9.17) is 5.11 Å². The number of amides is 1. The molecule has 0 aliphatic carbocycles. The van der Waals surface area contributed by atoms with Crippen molar-refractivity contribution >= 4 is 11.9 Å². The number of aryl methyl sites for hydroxylation is 1. The average Bonchev–Trinajstić information content (AvgIpc) is 2.59. The van der Waals surface area contributed by atoms with E-state index < -0.39 is 23.2 Å². The van der Waals surface area contributed by atoms with Crippen molar-refractivity contribution in [3.8, 4) is 0 Å². The first-order valence-electron chi connectivity index (χ1n) is 5.63. The first kappa shape index (κ1) is 12.5. The fourth-order valence-corrected chi connectivity index (χ4v) is 2.36. The molecular formula is C13H14FNO3. The second-order valence-electron chi connectivity index (χ2n) is 4.90. The zero-order chi connectivity index (χ0) is 13.5. The van der Waals surface area contributed by atoms with E-state index in [1.807, 2.05) is 0 Å². The lowest BCUT2D eigenvalue weighted by Crippen LogP contribution is -2.44. The first-order valence-corrected chi connectivity index (χ1v) is 5.63. The fraction of sp³-hybridized carbons (Fsp3) is 0.385. The number of carbonyl (C=O) groups excluding carboxylic acids is 1. The van der Waals surface area contributed by atoms with Crippen LogP contribution in [0.5, 0.6) is 0 Å². The molecule has 2 atom stereocenters. The number of carboxylic acid groups (broad SMARTS) is 1. The summed E-state index contributed by atoms with van der Waals surface area (Å²) in [6.45, 7) is 3.29. The van der Waals surface area contributed by atoms with Gasteiger partial charge in [-0.05, 0) is 24.1 Å². The molecule has 1 aliphatic rings. The highest BCUT2D eigenvalue weighted by molar-refractivity contribution is 5.90. The third kappa shape index (κ3) is 1.85. The van der Waals surface area contributed by atoms with Gasteiger partial charge in [-0.1, -0.05) is 19.1 Å². The fourth-order valence-electron chi connectivity index (χ4n) is 2.36. The van der Waals surface area contributed by atoms with Crippen LogP contribution in [-0.2, 0) is 15.0 Å². The maximum atomic E-state index is 13.6. The van der Waals surface area contributed by atoms with Gasteiger partial charge >= 0.3 is 5.97 Å². The van der Waals surface area contributed by atoms with Crippen LogP contribution in [0.25, 0.3) is 0 Å². The Morgan fingerprint density at radius 1 is 1.56 bits per heavy atom. The molecule has 1 aromatic carbocycles. The minimum atomic E-state index is -1.11. The maximum absolute atomic E-state index is 13.6. The van der Waals surface area contributed by atoms with Crippen molar-refractivity contribution in [2.75, 3.05) is 0 Å². The molecule has 0 aromatic heterocycles. The third-order valence-corrected chi connectivity index (χ3v) is 3.55. The van der Waals surface area contributed by atoms with Gasteiger partial charge in [0.25, 0.3) is 0 Å². The Bertz CT molecular complexity index is 529. The predicted octanol–water partition coefficient (Wildman–Crippen LogP) is 1.36. The lowest BCUT2D eigenvalue weighted by Gasteiger charge is -2.28. The Balaban J connectivity index is 2.48. The topological polar surface area (TPSA) is 66.4 Å². The lowest BCUT2D eigenvalue weighted by molar-refractivity contribution is -0.141. The van der Waals surface area contributed by atoms with Crippen molar-refractivity contribution in [2.24, 2.45) is 0 Å². The van der Waals surface area contributed by atoms with Gasteiger partial charge in [0.05, 0.1) is 0 Å². The molecule has 1 aliphatic heterocycles. The van der Waals surface area contributed by atoms with E-state index in [0.29, 0.717) is 11.1 Å². The molecule has 2 N–H and O–H groups in total. The summed E-state index contributed by atoms with van der Waals surface area (Å²) in [5.74, 6) is -1.83. The van der Waals surface area contributed by atoms with Gasteiger partial charge in [0.1, 0.15) is 11.9 Å². The van der Waals surface area contributed by atoms with Crippen molar-refractivity contribution in [1.82, 2.24) is 5.32 Å². The van der Waals surface area contributed by atoms with Gasteiger partial charge < -0.3 is 10.4 Å². The van der Waals surface area contributed by atoms with Gasteiger partial charge in [-0.3, -0.25) is 4.79 Å². The molecule has 1 saturated heterocycles. The van der Waals surface area contributed by atoms with Crippen LogP contribution in [0.15, 0.2) is 18.2 Å². The number of aliphatic carboxylic acids is 1. The Kier molecular flexibility index (Phi) is 2.84. The van der Waals surface area contributed by atoms with Crippen molar-refractivity contribution in [3.63, 3.8) is 0 Å². The van der Waals surface area contributed by atoms with Crippen LogP contribution < -0.4 is 5.32 Å². The largest absolute Gasteiger partial charge is 0.480 e. The molecule has 5 heteroatoms. The SMILES string of the molecule is Cc1ccc(C2(C)CC(=O)NC2C(=O)O)cc1F. The molecule has 0 spiro atoms. The Hall–Kier alpha value is -1.91. The molecule has 0 bridgehead atoms. The summed E-state index contributed by atoms with van der Waals surface area (Å²) in [4.78, 5) is 22.6. The number of carbonyl (C=O) groups is 2. The Morgan fingerprint density at radius 3 is 2.78 bits per heavy atom. The third-order valence-electron chi connectivity index (χ3n) is 3.55. The number of carboxylic acids is 1. The van der Waals surface area contributed by atoms with E-state index in [1.54, 1.807) is 26.0 Å². The summed E-state index contributed by atoms with van der Waals surface area (Å²) in [6.07, 6.45) is 0.0481. The minimum absolute atomic E-state index is 0.0481. The zero-order valence-corrected chi connectivity index (χ0v) is 10.2. The minimum Gasteiger partial charge on any atom is -0.480 e. The number of halogens is 1. The highest BCUT2D eigenvalue weighted by Crippen LogP contribution is 2.36. The van der Waals surface area contributed by atoms with E-state index in [2.05, 4.69) is 5.32 Å². The summed E-state index contributed by atoms with van der Waals surface area (Å²) in [5, 5.41) is 11.6. The molecule has 18 heavy (non-hydrogen) atoms. The van der Waals surface area contributed by atoms with Crippen LogP contribution in [0, 0.1) is 12.7 Å². The quantitative estimate of drug-likeness (QED) is 0.834. The monoisotopic (exact) mass is 251 g/mol. The van der Waals surface area contributed by atoms with E-state index >= 15 is 0 Å². The molecule has 96 valence electrons. The van der Waals surface area contributed by atoms with Gasteiger partial charge in [0.15, 0.2) is 0 Å². The average molecular weight is 251 g/mol. The molecule has 1 heterocycles. The van der Waals surface area contributed by atoms with Crippen molar-refractivity contribution < 1.29 is 19.1 Å². The molecule has 2 rings (SSSR count). The summed E-state index contributed by atoms with van der Waals surface area (Å²) in [6, 6.07) is 3.56. The van der Waals surface area contributed by atoms with Gasteiger partial charge in [0.2, 0.25) is 5.91 Å². The van der Waals surface area contributed by atoms with Gasteiger partial charge in [0, 0.05) is 11.8 Å². The van der Waals surface area contributed by atoms with Crippen LogP contribution in [-0.4, -0.2) is 23.0 Å². The van der Waals surface area contributed by atoms with Crippen LogP contribution in [0.1, 0.15) is 24.5 Å². The number of rotatable bonds is 2. The first-order chi connectivity index (χ1) is 8.34. The Labute approximate surface area is 104 Å². The number of benzene rings is 1. The van der Waals surface area contributed by atoms with Crippen molar-refractivity contribution in [2.45, 2.75) is 31.7 Å². The molecular weight excluding hydrogens is 237 g/mol. The highest BCUT2D eigenvalue weighted by atomic mass is 19.1. The van der Waals surface area contributed by atoms with Crippen molar-refractivity contribution in [3.05, 3.63) is 35.1 Å². The molecule has 4 nitrogen and oxygen atoms in total. The standard InChI is InChI=1S/C13H14FNO3/c1-7-3-4-8(5-9(7)14)13(2)6-10(16)15-11(13)12(17)18/h3-5,11H,6H2,1-2H3,(H,15,16)(H,17,18). The molecule has 1 fully saturated rings. The summed E-state index contributed by atoms with van der Waals surface area (Å²) in [7, 11) is 0. The molecule has 1 aromatic rings. The van der Waals surface area contributed by atoms with E-state index in [1.165, 1.54) is 6.07 Å². The number of nitrogens with one attached hydrogen (secondary N) is 1. The summed E-state index contributed by atoms with van der Waals surface area (Å²) in [5.41, 5.74) is 0.0973. The summed E-state index contributed by atoms with van der Waals surface area (Å²) < 4.78 is 13.6. The number of hydrogen-bond acceptors (Lipinski definition) is 2. The maximum Gasteiger partial charge on any atom is 0.327 e. The molecule has 0 radical (unpaired) electrons. The predicted molar refractivity (Wildman–Crippen MR) is 62.7 cm³/mol. The Morgan fingerprint density at radius 2 is 2.22 bits per heavy atom. The molecule has 0 saturated carbocycles. The van der Waals surface area contributed by atoms with Crippen LogP contribution in [0.2, 0.25) is 0 Å². The summed E-state index contributed by atoms with van der Waals surface area (Å²) >= 11 is 0. The van der Waals surface area contributed by atoms with Gasteiger partial charge in [-0.15, -0.1) is 0 Å². The van der Waals surface area contributed by atoms with Crippen molar-refractivity contribution in [1.29, 1.82) is 0 Å². The van der Waals surface area contributed by atoms with Gasteiger partial charge in [-0.25, -0.2) is 9.18 Å². The van der Waals surface area contributed by atoms with Gasteiger partial charge in [-0.2, -0.15) is 0 Å². The van der Waals surface area contributed by atoms with Crippen LogP contribution >= 0.6 is 0 Å². The second kappa shape index (κ2) is 4.08. The normalized spacial score (nSPS) is 27.1. The van der Waals surface area contributed by atoms with E-state index in [9.17, 15) is 14.0 Å². The molecule has 2 unspecified atom stereocenters. The van der Waals surface area contributed by atoms with E-state index in [0.717, 1.165) is 0 Å². The second-order valence-corrected chi connectivity index (χ2v) is 4.90. The highest BCUT2D eigenvalue weighted by Gasteiger charge is 2.48. The molecule has 1 amide bonds. The smallest absolute Gasteiger partial charge is 0.327 e. The lowest BCUT2D eigenvalue weighted by atomic mass is 9.76.